The number of pyridine rings is 1. The Kier molecular flexibility index (Phi) is 5.96. The van der Waals surface area contributed by atoms with Crippen molar-refractivity contribution in [1.29, 1.82) is 0 Å². The van der Waals surface area contributed by atoms with Crippen LogP contribution < -0.4 is 20.4 Å². The van der Waals surface area contributed by atoms with E-state index in [-0.39, 0.29) is 23.0 Å². The lowest BCUT2D eigenvalue weighted by Gasteiger charge is -2.35. The first kappa shape index (κ1) is 22.3. The highest BCUT2D eigenvalue weighted by atomic mass is 19.1. The van der Waals surface area contributed by atoms with Crippen molar-refractivity contribution in [1.82, 2.24) is 9.88 Å². The van der Waals surface area contributed by atoms with Crippen LogP contribution in [-0.4, -0.2) is 43.1 Å². The van der Waals surface area contributed by atoms with Crippen LogP contribution in [0.15, 0.2) is 53.5 Å². The summed E-state index contributed by atoms with van der Waals surface area (Å²) in [6, 6.07) is 11.1. The molecular weight excluding hydrogens is 433 g/mol. The fourth-order valence-electron chi connectivity index (χ4n) is 4.71. The highest BCUT2D eigenvalue weighted by Crippen LogP contribution is 2.43. The van der Waals surface area contributed by atoms with E-state index < -0.39 is 17.0 Å². The number of nitrogens with one attached hydrogen (secondary N) is 1. The van der Waals surface area contributed by atoms with Gasteiger partial charge in [0.15, 0.2) is 17.3 Å². The quantitative estimate of drug-likeness (QED) is 0.441. The maximum atomic E-state index is 15.5. The van der Waals surface area contributed by atoms with Gasteiger partial charge in [-0.05, 0) is 37.5 Å². The van der Waals surface area contributed by atoms with Gasteiger partial charge in [-0.1, -0.05) is 36.4 Å². The Labute approximate surface area is 197 Å². The standard InChI is InChI=1S/C27H28FN3O3/c1-17-15-30(13-12-29-17)25-22(28)14-20-24(27(25)34-2)31(19-9-10-19)16-21(26(20)33)23(32)11-8-18-6-4-3-5-7-18/h3-8,11,14,16-17,19,29H,9-10,12-13,15H2,1-2H3/b11-8+. The Hall–Kier alpha value is -3.45. The van der Waals surface area contributed by atoms with Crippen LogP contribution in [0, 0.1) is 5.82 Å². The van der Waals surface area contributed by atoms with Crippen LogP contribution in [0.1, 0.15) is 41.7 Å². The minimum atomic E-state index is -0.512. The van der Waals surface area contributed by atoms with Gasteiger partial charge in [0.25, 0.3) is 0 Å². The van der Waals surface area contributed by atoms with E-state index >= 15 is 4.39 Å². The zero-order chi connectivity index (χ0) is 23.8. The first-order chi connectivity index (χ1) is 16.5. The molecule has 2 aliphatic rings. The molecule has 0 spiro atoms. The third-order valence-corrected chi connectivity index (χ3v) is 6.52. The first-order valence-corrected chi connectivity index (χ1v) is 11.7. The van der Waals surface area contributed by atoms with Crippen molar-refractivity contribution in [2.24, 2.45) is 0 Å². The molecule has 6 nitrogen and oxygen atoms in total. The molecule has 1 aliphatic heterocycles. The van der Waals surface area contributed by atoms with Gasteiger partial charge in [0.1, 0.15) is 5.69 Å². The molecule has 3 aromatic rings. The molecular formula is C27H28FN3O3. The van der Waals surface area contributed by atoms with Gasteiger partial charge in [-0.15, -0.1) is 0 Å². The number of nitrogens with zero attached hydrogens (tertiary/aromatic N) is 2. The van der Waals surface area contributed by atoms with Gasteiger partial charge >= 0.3 is 0 Å². The number of benzene rings is 2. The Balaban J connectivity index is 1.66. The van der Waals surface area contributed by atoms with Crippen LogP contribution in [-0.2, 0) is 0 Å². The second-order valence-corrected chi connectivity index (χ2v) is 9.06. The zero-order valence-corrected chi connectivity index (χ0v) is 19.4. The van der Waals surface area contributed by atoms with E-state index in [0.29, 0.717) is 30.0 Å². The van der Waals surface area contributed by atoms with E-state index in [0.717, 1.165) is 24.9 Å². The number of carbonyl (C=O) groups is 1. The molecule has 5 rings (SSSR count). The molecule has 7 heteroatoms. The maximum absolute atomic E-state index is 15.5. The number of ether oxygens (including phenoxy) is 1. The predicted octanol–water partition coefficient (Wildman–Crippen LogP) is 4.18. The average molecular weight is 462 g/mol. The number of fused-ring (bicyclic) bond motifs is 1. The molecule has 1 aliphatic carbocycles. The number of piperazine rings is 1. The van der Waals surface area contributed by atoms with Crippen LogP contribution >= 0.6 is 0 Å². The number of hydrogen-bond donors (Lipinski definition) is 1. The smallest absolute Gasteiger partial charge is 0.200 e. The van der Waals surface area contributed by atoms with Crippen molar-refractivity contribution in [3.63, 3.8) is 0 Å². The largest absolute Gasteiger partial charge is 0.492 e. The summed E-state index contributed by atoms with van der Waals surface area (Å²) in [6.45, 7) is 4.06. The number of hydrogen-bond acceptors (Lipinski definition) is 5. The van der Waals surface area contributed by atoms with Crippen molar-refractivity contribution in [2.45, 2.75) is 31.8 Å². The normalized spacial score (nSPS) is 18.6. The molecule has 2 aromatic carbocycles. The third kappa shape index (κ3) is 4.12. The van der Waals surface area contributed by atoms with Gasteiger partial charge in [0, 0.05) is 37.9 Å². The fourth-order valence-corrected chi connectivity index (χ4v) is 4.71. The number of halogens is 1. The van der Waals surface area contributed by atoms with Gasteiger partial charge in [-0.2, -0.15) is 0 Å². The van der Waals surface area contributed by atoms with E-state index in [1.165, 1.54) is 19.3 Å². The van der Waals surface area contributed by atoms with E-state index in [2.05, 4.69) is 12.2 Å². The van der Waals surface area contributed by atoms with Gasteiger partial charge in [0.2, 0.25) is 5.43 Å². The number of aromatic nitrogens is 1. The summed E-state index contributed by atoms with van der Waals surface area (Å²) in [4.78, 5) is 28.4. The molecule has 2 fully saturated rings. The van der Waals surface area contributed by atoms with Crippen molar-refractivity contribution >= 4 is 28.4 Å². The molecule has 34 heavy (non-hydrogen) atoms. The molecule has 1 unspecified atom stereocenters. The number of allylic oxidation sites excluding steroid dienone is 1. The second-order valence-electron chi connectivity index (χ2n) is 9.06. The number of ketones is 1. The van der Waals surface area contributed by atoms with Crippen LogP contribution in [0.4, 0.5) is 10.1 Å². The molecule has 1 saturated carbocycles. The third-order valence-electron chi connectivity index (χ3n) is 6.52. The highest BCUT2D eigenvalue weighted by molar-refractivity contribution is 6.08. The fraction of sp³-hybridized carbons (Fsp3) is 0.333. The van der Waals surface area contributed by atoms with Gasteiger partial charge in [-0.3, -0.25) is 9.59 Å². The highest BCUT2D eigenvalue weighted by Gasteiger charge is 2.31. The summed E-state index contributed by atoms with van der Waals surface area (Å²) in [6.07, 6.45) is 6.59. The van der Waals surface area contributed by atoms with E-state index in [4.69, 9.17) is 4.74 Å². The summed E-state index contributed by atoms with van der Waals surface area (Å²) in [5, 5.41) is 3.54. The number of methoxy groups -OCH3 is 1. The lowest BCUT2D eigenvalue weighted by molar-refractivity contribution is 0.104. The van der Waals surface area contributed by atoms with Crippen LogP contribution in [0.2, 0.25) is 0 Å². The molecule has 2 heterocycles. The lowest BCUT2D eigenvalue weighted by atomic mass is 10.0. The van der Waals surface area contributed by atoms with Crippen molar-refractivity contribution in [2.75, 3.05) is 31.6 Å². The van der Waals surface area contributed by atoms with Gasteiger partial charge < -0.3 is 19.5 Å². The van der Waals surface area contributed by atoms with Gasteiger partial charge in [-0.25, -0.2) is 4.39 Å². The van der Waals surface area contributed by atoms with E-state index in [1.807, 2.05) is 39.8 Å². The molecule has 0 bridgehead atoms. The number of anilines is 1. The van der Waals surface area contributed by atoms with E-state index in [1.54, 1.807) is 12.3 Å². The van der Waals surface area contributed by atoms with E-state index in [9.17, 15) is 9.59 Å². The second kappa shape index (κ2) is 9.06. The van der Waals surface area contributed by atoms with Crippen LogP contribution in [0.25, 0.3) is 17.0 Å². The molecule has 1 N–H and O–H groups in total. The summed E-state index contributed by atoms with van der Waals surface area (Å²) in [5.74, 6) is -0.557. The molecule has 1 atom stereocenters. The number of rotatable bonds is 6. The molecule has 176 valence electrons. The summed E-state index contributed by atoms with van der Waals surface area (Å²) in [7, 11) is 1.51. The lowest BCUT2D eigenvalue weighted by Crippen LogP contribution is -2.49. The summed E-state index contributed by atoms with van der Waals surface area (Å²) < 4.78 is 23.2. The van der Waals surface area contributed by atoms with Crippen LogP contribution in [0.5, 0.6) is 5.75 Å². The minimum Gasteiger partial charge on any atom is -0.492 e. The van der Waals surface area contributed by atoms with Gasteiger partial charge in [0.05, 0.1) is 23.6 Å². The first-order valence-electron chi connectivity index (χ1n) is 11.7. The van der Waals surface area contributed by atoms with Crippen molar-refractivity contribution < 1.29 is 13.9 Å². The van der Waals surface area contributed by atoms with Crippen molar-refractivity contribution in [3.8, 4) is 5.75 Å². The Morgan fingerprint density at radius 1 is 1.24 bits per heavy atom. The molecule has 1 aromatic heterocycles. The predicted molar refractivity (Wildman–Crippen MR) is 132 cm³/mol. The molecule has 0 radical (unpaired) electrons. The minimum absolute atomic E-state index is 0.0385. The van der Waals surface area contributed by atoms with Crippen LogP contribution in [0.3, 0.4) is 0 Å². The Morgan fingerprint density at radius 3 is 2.68 bits per heavy atom. The maximum Gasteiger partial charge on any atom is 0.200 e. The monoisotopic (exact) mass is 461 g/mol. The topological polar surface area (TPSA) is 63.6 Å². The average Bonchev–Trinajstić information content (AvgIpc) is 3.68. The molecule has 0 amide bonds. The zero-order valence-electron chi connectivity index (χ0n) is 19.4. The summed E-state index contributed by atoms with van der Waals surface area (Å²) >= 11 is 0. The Bertz CT molecular complexity index is 1330. The number of carbonyl (C=O) groups excluding carboxylic acids is 1. The SMILES string of the molecule is COc1c(N2CCNC(C)C2)c(F)cc2c(=O)c(C(=O)/C=C/c3ccccc3)cn(C3CC3)c12. The van der Waals surface area contributed by atoms with Crippen molar-refractivity contribution in [3.05, 3.63) is 75.8 Å². The summed E-state index contributed by atoms with van der Waals surface area (Å²) in [5.41, 5.74) is 1.35. The molecule has 1 saturated heterocycles. The Morgan fingerprint density at radius 2 is 2.00 bits per heavy atom.